The number of aryl methyl sites for hydroxylation is 1. The Balaban J connectivity index is 2.70. The molecule has 0 aromatic heterocycles. The zero-order valence-corrected chi connectivity index (χ0v) is 9.59. The van der Waals surface area contributed by atoms with Gasteiger partial charge in [-0.2, -0.15) is 0 Å². The molecule has 0 saturated heterocycles. The van der Waals surface area contributed by atoms with Gasteiger partial charge in [-0.25, -0.2) is 4.39 Å². The van der Waals surface area contributed by atoms with E-state index < -0.39 is 5.67 Å². The molecule has 1 atom stereocenters. The number of hydrogen-bond donors (Lipinski definition) is 1. The van der Waals surface area contributed by atoms with Crippen LogP contribution in [-0.4, -0.2) is 12.2 Å². The molecular formula is C13H20FN. The zero-order valence-electron chi connectivity index (χ0n) is 9.59. The fourth-order valence-corrected chi connectivity index (χ4v) is 1.78. The van der Waals surface area contributed by atoms with Crippen LogP contribution in [0.2, 0.25) is 0 Å². The van der Waals surface area contributed by atoms with Crippen LogP contribution in [0.25, 0.3) is 0 Å². The topological polar surface area (TPSA) is 26.0 Å². The molecule has 0 heterocycles. The van der Waals surface area contributed by atoms with Gasteiger partial charge in [0.25, 0.3) is 0 Å². The number of nitrogens with two attached hydrogens (primary N) is 1. The Morgan fingerprint density at radius 3 is 2.33 bits per heavy atom. The molecule has 1 nitrogen and oxygen atoms in total. The average molecular weight is 209 g/mol. The Labute approximate surface area is 91.5 Å². The fraction of sp³-hybridized carbons (Fsp3) is 0.538. The lowest BCUT2D eigenvalue weighted by Crippen LogP contribution is -2.35. The van der Waals surface area contributed by atoms with E-state index in [2.05, 4.69) is 0 Å². The lowest BCUT2D eigenvalue weighted by molar-refractivity contribution is 0.158. The maximum atomic E-state index is 14.2. The van der Waals surface area contributed by atoms with Crippen LogP contribution >= 0.6 is 0 Å². The molecule has 0 aliphatic rings. The van der Waals surface area contributed by atoms with E-state index in [1.807, 2.05) is 38.1 Å². The van der Waals surface area contributed by atoms with Crippen LogP contribution < -0.4 is 5.73 Å². The minimum atomic E-state index is -1.23. The van der Waals surface area contributed by atoms with Crippen molar-refractivity contribution in [1.29, 1.82) is 0 Å². The Bertz CT molecular complexity index is 294. The first-order chi connectivity index (χ1) is 7.09. The number of halogens is 1. The lowest BCUT2D eigenvalue weighted by atomic mass is 9.92. The Hall–Kier alpha value is -0.890. The van der Waals surface area contributed by atoms with E-state index in [0.29, 0.717) is 12.8 Å². The molecule has 84 valence electrons. The number of rotatable bonds is 5. The summed E-state index contributed by atoms with van der Waals surface area (Å²) in [6.45, 7) is 4.12. The SMILES string of the molecule is CCCC(F)(CN)Cc1ccc(C)cc1. The molecule has 0 fully saturated rings. The van der Waals surface area contributed by atoms with E-state index >= 15 is 0 Å². The van der Waals surface area contributed by atoms with E-state index in [1.165, 1.54) is 5.56 Å². The van der Waals surface area contributed by atoms with Gasteiger partial charge in [0.15, 0.2) is 0 Å². The van der Waals surface area contributed by atoms with E-state index in [4.69, 9.17) is 5.73 Å². The molecule has 1 rings (SSSR count). The average Bonchev–Trinajstić information content (AvgIpc) is 2.22. The predicted molar refractivity (Wildman–Crippen MR) is 62.7 cm³/mol. The van der Waals surface area contributed by atoms with Gasteiger partial charge in [0.2, 0.25) is 0 Å². The molecule has 0 amide bonds. The second kappa shape index (κ2) is 5.26. The Morgan fingerprint density at radius 1 is 1.27 bits per heavy atom. The first-order valence-corrected chi connectivity index (χ1v) is 5.54. The van der Waals surface area contributed by atoms with Gasteiger partial charge in [0.05, 0.1) is 0 Å². The lowest BCUT2D eigenvalue weighted by Gasteiger charge is -2.23. The molecule has 0 aliphatic carbocycles. The highest BCUT2D eigenvalue weighted by molar-refractivity contribution is 5.22. The molecule has 1 aromatic rings. The van der Waals surface area contributed by atoms with Crippen molar-refractivity contribution in [3.8, 4) is 0 Å². The van der Waals surface area contributed by atoms with Crippen LogP contribution in [0.3, 0.4) is 0 Å². The first kappa shape index (κ1) is 12.2. The van der Waals surface area contributed by atoms with Gasteiger partial charge < -0.3 is 5.73 Å². The van der Waals surface area contributed by atoms with E-state index in [0.717, 1.165) is 12.0 Å². The quantitative estimate of drug-likeness (QED) is 0.792. The summed E-state index contributed by atoms with van der Waals surface area (Å²) in [5.74, 6) is 0. The third-order valence-corrected chi connectivity index (χ3v) is 2.71. The van der Waals surface area contributed by atoms with E-state index in [-0.39, 0.29) is 6.54 Å². The highest BCUT2D eigenvalue weighted by Crippen LogP contribution is 2.22. The summed E-state index contributed by atoms with van der Waals surface area (Å²) in [5.41, 5.74) is 6.49. The van der Waals surface area contributed by atoms with Gasteiger partial charge in [0, 0.05) is 13.0 Å². The molecule has 1 aromatic carbocycles. The highest BCUT2D eigenvalue weighted by Gasteiger charge is 2.26. The van der Waals surface area contributed by atoms with Crippen molar-refractivity contribution >= 4 is 0 Å². The van der Waals surface area contributed by atoms with E-state index in [9.17, 15) is 4.39 Å². The molecule has 2 N–H and O–H groups in total. The number of benzene rings is 1. The van der Waals surface area contributed by atoms with E-state index in [1.54, 1.807) is 0 Å². The monoisotopic (exact) mass is 209 g/mol. The molecule has 1 unspecified atom stereocenters. The molecule has 0 saturated carbocycles. The van der Waals surface area contributed by atoms with Crippen LogP contribution in [0.1, 0.15) is 30.9 Å². The highest BCUT2D eigenvalue weighted by atomic mass is 19.1. The Kier molecular flexibility index (Phi) is 4.28. The summed E-state index contributed by atoms with van der Waals surface area (Å²) >= 11 is 0. The minimum absolute atomic E-state index is 0.106. The molecular weight excluding hydrogens is 189 g/mol. The summed E-state index contributed by atoms with van der Waals surface area (Å²) in [7, 11) is 0. The molecule has 0 spiro atoms. The molecule has 15 heavy (non-hydrogen) atoms. The van der Waals surface area contributed by atoms with Gasteiger partial charge in [-0.1, -0.05) is 43.2 Å². The van der Waals surface area contributed by atoms with Crippen molar-refractivity contribution < 1.29 is 4.39 Å². The largest absolute Gasteiger partial charge is 0.328 e. The summed E-state index contributed by atoms with van der Waals surface area (Å²) in [6.07, 6.45) is 1.80. The molecule has 0 aliphatic heterocycles. The molecule has 2 heteroatoms. The minimum Gasteiger partial charge on any atom is -0.328 e. The third kappa shape index (κ3) is 3.63. The van der Waals surface area contributed by atoms with Gasteiger partial charge in [-0.05, 0) is 18.9 Å². The van der Waals surface area contributed by atoms with Crippen molar-refractivity contribution in [3.63, 3.8) is 0 Å². The van der Waals surface area contributed by atoms with Crippen LogP contribution in [0.4, 0.5) is 4.39 Å². The summed E-state index contributed by atoms with van der Waals surface area (Å²) in [5, 5.41) is 0. The molecule has 0 radical (unpaired) electrons. The fourth-order valence-electron chi connectivity index (χ4n) is 1.78. The van der Waals surface area contributed by atoms with Crippen molar-refractivity contribution in [2.24, 2.45) is 5.73 Å². The maximum Gasteiger partial charge on any atom is 0.127 e. The van der Waals surface area contributed by atoms with Crippen molar-refractivity contribution in [2.75, 3.05) is 6.54 Å². The number of hydrogen-bond acceptors (Lipinski definition) is 1. The standard InChI is InChI=1S/C13H20FN/c1-3-8-13(14,10-15)9-12-6-4-11(2)5-7-12/h4-7H,3,8-10,15H2,1-2H3. The maximum absolute atomic E-state index is 14.2. The van der Waals surface area contributed by atoms with Crippen molar-refractivity contribution in [1.82, 2.24) is 0 Å². The summed E-state index contributed by atoms with van der Waals surface area (Å²) in [6, 6.07) is 7.99. The van der Waals surface area contributed by atoms with Gasteiger partial charge >= 0.3 is 0 Å². The zero-order chi connectivity index (χ0) is 11.3. The number of alkyl halides is 1. The smallest absolute Gasteiger partial charge is 0.127 e. The summed E-state index contributed by atoms with van der Waals surface area (Å²) < 4.78 is 14.2. The van der Waals surface area contributed by atoms with Crippen LogP contribution in [-0.2, 0) is 6.42 Å². The van der Waals surface area contributed by atoms with Gasteiger partial charge in [0.1, 0.15) is 5.67 Å². The Morgan fingerprint density at radius 2 is 1.87 bits per heavy atom. The summed E-state index contributed by atoms with van der Waals surface area (Å²) in [4.78, 5) is 0. The van der Waals surface area contributed by atoms with Gasteiger partial charge in [-0.15, -0.1) is 0 Å². The third-order valence-electron chi connectivity index (χ3n) is 2.71. The van der Waals surface area contributed by atoms with Gasteiger partial charge in [-0.3, -0.25) is 0 Å². The first-order valence-electron chi connectivity index (χ1n) is 5.54. The van der Waals surface area contributed by atoms with Crippen LogP contribution in [0, 0.1) is 6.92 Å². The van der Waals surface area contributed by atoms with Crippen molar-refractivity contribution in [3.05, 3.63) is 35.4 Å². The van der Waals surface area contributed by atoms with Crippen LogP contribution in [0.5, 0.6) is 0 Å². The van der Waals surface area contributed by atoms with Crippen LogP contribution in [0.15, 0.2) is 24.3 Å². The van der Waals surface area contributed by atoms with Crippen molar-refractivity contribution in [2.45, 2.75) is 38.8 Å². The predicted octanol–water partition coefficient (Wildman–Crippen LogP) is 3.00. The second-order valence-corrected chi connectivity index (χ2v) is 4.27. The second-order valence-electron chi connectivity index (χ2n) is 4.27. The normalized spacial score (nSPS) is 14.9. The molecule has 0 bridgehead atoms.